The summed E-state index contributed by atoms with van der Waals surface area (Å²) in [5.41, 5.74) is 8.45. The summed E-state index contributed by atoms with van der Waals surface area (Å²) < 4.78 is 0.752. The van der Waals surface area contributed by atoms with Crippen LogP contribution in [0.1, 0.15) is 15.9 Å². The normalized spacial score (nSPS) is 10.3. The molecule has 0 spiro atoms. The van der Waals surface area contributed by atoms with Crippen LogP contribution in [0.4, 0.5) is 11.4 Å². The average Bonchev–Trinajstić information content (AvgIpc) is 2.32. The van der Waals surface area contributed by atoms with Gasteiger partial charge in [-0.25, -0.2) is 0 Å². The molecule has 1 amide bonds. The molecule has 0 heterocycles. The predicted molar refractivity (Wildman–Crippen MR) is 82.7 cm³/mol. The van der Waals surface area contributed by atoms with Gasteiger partial charge in [0.25, 0.3) is 5.91 Å². The Morgan fingerprint density at radius 3 is 2.68 bits per heavy atom. The Hall–Kier alpha value is -1.52. The highest BCUT2D eigenvalue weighted by Crippen LogP contribution is 2.23. The molecule has 3 N–H and O–H groups in total. The van der Waals surface area contributed by atoms with E-state index in [4.69, 9.17) is 17.3 Å². The second-order valence-electron chi connectivity index (χ2n) is 4.20. The van der Waals surface area contributed by atoms with E-state index in [0.29, 0.717) is 22.0 Å². The zero-order chi connectivity index (χ0) is 14.0. The highest BCUT2D eigenvalue weighted by atomic mass is 79.9. The molecular formula is C14H12BrClN2O. The van der Waals surface area contributed by atoms with Crippen LogP contribution in [0, 0.1) is 6.92 Å². The van der Waals surface area contributed by atoms with Crippen molar-refractivity contribution in [3.8, 4) is 0 Å². The largest absolute Gasteiger partial charge is 0.397 e. The van der Waals surface area contributed by atoms with E-state index in [9.17, 15) is 4.79 Å². The molecule has 19 heavy (non-hydrogen) atoms. The number of hydrogen-bond acceptors (Lipinski definition) is 2. The molecule has 98 valence electrons. The van der Waals surface area contributed by atoms with Crippen molar-refractivity contribution in [1.29, 1.82) is 0 Å². The highest BCUT2D eigenvalue weighted by Gasteiger charge is 2.10. The van der Waals surface area contributed by atoms with E-state index in [2.05, 4.69) is 21.2 Å². The third kappa shape index (κ3) is 3.49. The molecule has 0 aliphatic rings. The van der Waals surface area contributed by atoms with Crippen LogP contribution in [0.3, 0.4) is 0 Å². The summed E-state index contributed by atoms with van der Waals surface area (Å²) >= 11 is 9.22. The van der Waals surface area contributed by atoms with Gasteiger partial charge in [0.05, 0.1) is 11.4 Å². The SMILES string of the molecule is Cc1ccc(N)c(NC(=O)c2cc(Cl)cc(Br)c2)c1. The molecule has 3 nitrogen and oxygen atoms in total. The lowest BCUT2D eigenvalue weighted by molar-refractivity contribution is 0.102. The summed E-state index contributed by atoms with van der Waals surface area (Å²) in [6.07, 6.45) is 0. The summed E-state index contributed by atoms with van der Waals surface area (Å²) in [6, 6.07) is 10.5. The van der Waals surface area contributed by atoms with Crippen molar-refractivity contribution in [2.24, 2.45) is 0 Å². The van der Waals surface area contributed by atoms with E-state index in [-0.39, 0.29) is 5.91 Å². The van der Waals surface area contributed by atoms with Gasteiger partial charge in [-0.1, -0.05) is 33.6 Å². The van der Waals surface area contributed by atoms with Gasteiger partial charge < -0.3 is 11.1 Å². The molecule has 5 heteroatoms. The van der Waals surface area contributed by atoms with Gasteiger partial charge in [-0.2, -0.15) is 0 Å². The molecule has 0 aromatic heterocycles. The number of carbonyl (C=O) groups excluding carboxylic acids is 1. The van der Waals surface area contributed by atoms with Crippen LogP contribution >= 0.6 is 27.5 Å². The lowest BCUT2D eigenvalue weighted by Crippen LogP contribution is -2.13. The molecule has 0 radical (unpaired) electrons. The molecule has 0 saturated heterocycles. The van der Waals surface area contributed by atoms with Gasteiger partial charge in [0.2, 0.25) is 0 Å². The Balaban J connectivity index is 2.28. The number of hydrogen-bond donors (Lipinski definition) is 2. The first-order valence-corrected chi connectivity index (χ1v) is 6.76. The van der Waals surface area contributed by atoms with Gasteiger partial charge in [0, 0.05) is 15.1 Å². The second-order valence-corrected chi connectivity index (χ2v) is 5.56. The second kappa shape index (κ2) is 5.63. The molecular weight excluding hydrogens is 328 g/mol. The first-order chi connectivity index (χ1) is 8.95. The molecule has 0 aliphatic heterocycles. The van der Waals surface area contributed by atoms with Crippen LogP contribution in [-0.4, -0.2) is 5.91 Å². The number of nitrogens with one attached hydrogen (secondary N) is 1. The van der Waals surface area contributed by atoms with E-state index < -0.39 is 0 Å². The number of rotatable bonds is 2. The minimum atomic E-state index is -0.250. The molecule has 2 aromatic carbocycles. The fourth-order valence-electron chi connectivity index (χ4n) is 1.66. The monoisotopic (exact) mass is 338 g/mol. The van der Waals surface area contributed by atoms with E-state index in [1.807, 2.05) is 19.1 Å². The molecule has 0 bridgehead atoms. The van der Waals surface area contributed by atoms with Crippen LogP contribution in [0.5, 0.6) is 0 Å². The van der Waals surface area contributed by atoms with Crippen molar-refractivity contribution in [1.82, 2.24) is 0 Å². The Morgan fingerprint density at radius 1 is 1.26 bits per heavy atom. The fraction of sp³-hybridized carbons (Fsp3) is 0.0714. The highest BCUT2D eigenvalue weighted by molar-refractivity contribution is 9.10. The summed E-state index contributed by atoms with van der Waals surface area (Å²) in [5, 5.41) is 3.28. The molecule has 0 aliphatic carbocycles. The van der Waals surface area contributed by atoms with Gasteiger partial charge in [0.1, 0.15) is 0 Å². The lowest BCUT2D eigenvalue weighted by Gasteiger charge is -2.09. The van der Waals surface area contributed by atoms with Gasteiger partial charge in [-0.05, 0) is 42.8 Å². The summed E-state index contributed by atoms with van der Waals surface area (Å²) in [6.45, 7) is 1.94. The number of amides is 1. The minimum Gasteiger partial charge on any atom is -0.397 e. The van der Waals surface area contributed by atoms with E-state index in [0.717, 1.165) is 10.0 Å². The maximum atomic E-state index is 12.1. The maximum Gasteiger partial charge on any atom is 0.255 e. The zero-order valence-electron chi connectivity index (χ0n) is 10.2. The minimum absolute atomic E-state index is 0.250. The van der Waals surface area contributed by atoms with Crippen molar-refractivity contribution in [2.75, 3.05) is 11.1 Å². The average molecular weight is 340 g/mol. The standard InChI is InChI=1S/C14H12BrClN2O/c1-8-2-3-12(17)13(4-8)18-14(19)9-5-10(15)7-11(16)6-9/h2-7H,17H2,1H3,(H,18,19). The maximum absolute atomic E-state index is 12.1. The predicted octanol–water partition coefficient (Wildman–Crippen LogP) is 4.25. The molecule has 2 rings (SSSR count). The molecule has 0 saturated carbocycles. The lowest BCUT2D eigenvalue weighted by atomic mass is 10.1. The Kier molecular flexibility index (Phi) is 4.12. The number of anilines is 2. The summed E-state index contributed by atoms with van der Waals surface area (Å²) in [7, 11) is 0. The van der Waals surface area contributed by atoms with Crippen LogP contribution in [0.15, 0.2) is 40.9 Å². The fourth-order valence-corrected chi connectivity index (χ4v) is 2.52. The zero-order valence-corrected chi connectivity index (χ0v) is 12.5. The number of aryl methyl sites for hydroxylation is 1. The van der Waals surface area contributed by atoms with Crippen molar-refractivity contribution < 1.29 is 4.79 Å². The van der Waals surface area contributed by atoms with Crippen LogP contribution in [0.25, 0.3) is 0 Å². The van der Waals surface area contributed by atoms with Crippen LogP contribution in [-0.2, 0) is 0 Å². The number of nitrogen functional groups attached to an aromatic ring is 1. The van der Waals surface area contributed by atoms with Crippen molar-refractivity contribution in [3.05, 3.63) is 57.0 Å². The third-order valence-corrected chi connectivity index (χ3v) is 3.26. The van der Waals surface area contributed by atoms with Gasteiger partial charge in [0.15, 0.2) is 0 Å². The summed E-state index contributed by atoms with van der Waals surface area (Å²) in [4.78, 5) is 12.1. The molecule has 0 fully saturated rings. The van der Waals surface area contributed by atoms with E-state index >= 15 is 0 Å². The Bertz CT molecular complexity index is 623. The van der Waals surface area contributed by atoms with Gasteiger partial charge >= 0.3 is 0 Å². The topological polar surface area (TPSA) is 55.1 Å². The quantitative estimate of drug-likeness (QED) is 0.804. The first kappa shape index (κ1) is 13.9. The Morgan fingerprint density at radius 2 is 2.00 bits per heavy atom. The summed E-state index contributed by atoms with van der Waals surface area (Å²) in [5.74, 6) is -0.250. The van der Waals surface area contributed by atoms with Gasteiger partial charge in [-0.15, -0.1) is 0 Å². The van der Waals surface area contributed by atoms with Crippen LogP contribution in [0.2, 0.25) is 5.02 Å². The third-order valence-electron chi connectivity index (χ3n) is 2.58. The number of nitrogens with two attached hydrogens (primary N) is 1. The molecule has 2 aromatic rings. The van der Waals surface area contributed by atoms with E-state index in [1.54, 1.807) is 24.3 Å². The number of carbonyl (C=O) groups is 1. The molecule has 0 unspecified atom stereocenters. The van der Waals surface area contributed by atoms with Crippen molar-refractivity contribution >= 4 is 44.8 Å². The smallest absolute Gasteiger partial charge is 0.255 e. The number of halogens is 2. The van der Waals surface area contributed by atoms with Gasteiger partial charge in [-0.3, -0.25) is 4.79 Å². The van der Waals surface area contributed by atoms with Crippen LogP contribution < -0.4 is 11.1 Å². The Labute approximate surface area is 124 Å². The van der Waals surface area contributed by atoms with Crippen molar-refractivity contribution in [2.45, 2.75) is 6.92 Å². The first-order valence-electron chi connectivity index (χ1n) is 5.59. The number of benzene rings is 2. The van der Waals surface area contributed by atoms with Crippen molar-refractivity contribution in [3.63, 3.8) is 0 Å². The van der Waals surface area contributed by atoms with E-state index in [1.165, 1.54) is 0 Å². The molecule has 0 atom stereocenters.